The fourth-order valence-corrected chi connectivity index (χ4v) is 3.47. The summed E-state index contributed by atoms with van der Waals surface area (Å²) in [4.78, 5) is 28.6. The largest absolute Gasteiger partial charge is 0.437 e. The Labute approximate surface area is 166 Å². The fourth-order valence-electron chi connectivity index (χ4n) is 3.05. The number of alkyl halides is 3. The van der Waals surface area contributed by atoms with Gasteiger partial charge in [-0.2, -0.15) is 13.2 Å². The third-order valence-corrected chi connectivity index (χ3v) is 5.18. The molecular formula is C17H12Cl2F3N3O3. The molecule has 1 aromatic carbocycles. The maximum absolute atomic E-state index is 13.8. The molecular weight excluding hydrogens is 422 g/mol. The van der Waals surface area contributed by atoms with Gasteiger partial charge in [0.1, 0.15) is 5.92 Å². The summed E-state index contributed by atoms with van der Waals surface area (Å²) in [6.45, 7) is 0. The van der Waals surface area contributed by atoms with E-state index in [4.69, 9.17) is 23.2 Å². The lowest BCUT2D eigenvalue weighted by Crippen LogP contribution is -2.72. The van der Waals surface area contributed by atoms with E-state index in [-0.39, 0.29) is 21.2 Å². The summed E-state index contributed by atoms with van der Waals surface area (Å²) >= 11 is 12.0. The van der Waals surface area contributed by atoms with E-state index in [1.165, 1.54) is 41.8 Å². The Morgan fingerprint density at radius 1 is 1.21 bits per heavy atom. The van der Waals surface area contributed by atoms with Gasteiger partial charge in [-0.1, -0.05) is 35.3 Å². The van der Waals surface area contributed by atoms with Crippen molar-refractivity contribution in [3.63, 3.8) is 0 Å². The summed E-state index contributed by atoms with van der Waals surface area (Å²) < 4.78 is 41.3. The molecule has 0 spiro atoms. The molecule has 2 amide bonds. The number of halogens is 5. The van der Waals surface area contributed by atoms with E-state index in [2.05, 4.69) is 10.3 Å². The molecule has 148 valence electrons. The molecule has 11 heteroatoms. The summed E-state index contributed by atoms with van der Waals surface area (Å²) in [7, 11) is 0. The molecule has 0 radical (unpaired) electrons. The Kier molecular flexibility index (Phi) is 5.26. The molecule has 1 aromatic heterocycles. The molecule has 0 aliphatic carbocycles. The van der Waals surface area contributed by atoms with Crippen molar-refractivity contribution in [2.75, 3.05) is 0 Å². The van der Waals surface area contributed by atoms with Crippen LogP contribution in [0.1, 0.15) is 22.0 Å². The number of carbonyl (C=O) groups excluding carboxylic acids is 2. The van der Waals surface area contributed by atoms with Crippen molar-refractivity contribution in [1.82, 2.24) is 15.6 Å². The zero-order chi connectivity index (χ0) is 20.7. The van der Waals surface area contributed by atoms with Crippen LogP contribution in [0.5, 0.6) is 0 Å². The van der Waals surface area contributed by atoms with Gasteiger partial charge in [-0.05, 0) is 23.8 Å². The number of pyridine rings is 1. The number of hydrogen-bond donors (Lipinski definition) is 3. The van der Waals surface area contributed by atoms with Crippen LogP contribution in [-0.4, -0.2) is 33.8 Å². The molecule has 2 heterocycles. The fraction of sp³-hybridized carbons (Fsp3) is 0.235. The van der Waals surface area contributed by atoms with Gasteiger partial charge in [-0.15, -0.1) is 0 Å². The van der Waals surface area contributed by atoms with Gasteiger partial charge in [0.25, 0.3) is 0 Å². The van der Waals surface area contributed by atoms with Gasteiger partial charge >= 0.3 is 12.2 Å². The number of nitrogens with zero attached hydrogens (tertiary/aromatic N) is 1. The van der Waals surface area contributed by atoms with E-state index in [9.17, 15) is 27.9 Å². The first-order valence-corrected chi connectivity index (χ1v) is 8.58. The van der Waals surface area contributed by atoms with Crippen molar-refractivity contribution in [2.45, 2.75) is 17.9 Å². The number of Topliss-reactive ketones (excluding diaryl/α,β-unsaturated/α-hetero) is 1. The van der Waals surface area contributed by atoms with Crippen molar-refractivity contribution >= 4 is 35.0 Å². The second kappa shape index (κ2) is 7.23. The average molecular weight is 434 g/mol. The number of urea groups is 1. The van der Waals surface area contributed by atoms with Crippen molar-refractivity contribution in [3.8, 4) is 0 Å². The second-order valence-electron chi connectivity index (χ2n) is 6.07. The first-order valence-electron chi connectivity index (χ1n) is 7.82. The van der Waals surface area contributed by atoms with E-state index >= 15 is 0 Å². The molecule has 3 atom stereocenters. The van der Waals surface area contributed by atoms with E-state index < -0.39 is 35.7 Å². The quantitative estimate of drug-likeness (QED) is 0.646. The van der Waals surface area contributed by atoms with Crippen LogP contribution in [0.25, 0.3) is 0 Å². The van der Waals surface area contributed by atoms with Crippen molar-refractivity contribution in [2.24, 2.45) is 5.92 Å². The number of hydrogen-bond acceptors (Lipinski definition) is 4. The molecule has 1 saturated heterocycles. The minimum Gasteiger partial charge on any atom is -0.363 e. The lowest BCUT2D eigenvalue weighted by molar-refractivity contribution is -0.287. The number of rotatable bonds is 3. The molecule has 0 bridgehead atoms. The lowest BCUT2D eigenvalue weighted by atomic mass is 9.77. The normalized spacial score (nSPS) is 25.0. The van der Waals surface area contributed by atoms with E-state index in [0.717, 1.165) is 6.20 Å². The molecule has 1 aliphatic rings. The topological polar surface area (TPSA) is 91.3 Å². The Morgan fingerprint density at radius 2 is 1.93 bits per heavy atom. The van der Waals surface area contributed by atoms with Crippen molar-refractivity contribution in [3.05, 3.63) is 63.9 Å². The summed E-state index contributed by atoms with van der Waals surface area (Å²) in [6, 6.07) is 3.77. The first-order chi connectivity index (χ1) is 13.1. The van der Waals surface area contributed by atoms with Crippen LogP contribution in [0.4, 0.5) is 18.0 Å². The van der Waals surface area contributed by atoms with Crippen LogP contribution in [0.3, 0.4) is 0 Å². The van der Waals surface area contributed by atoms with Gasteiger partial charge in [0.05, 0.1) is 16.1 Å². The van der Waals surface area contributed by atoms with E-state index in [1.54, 1.807) is 0 Å². The second-order valence-corrected chi connectivity index (χ2v) is 6.85. The summed E-state index contributed by atoms with van der Waals surface area (Å²) in [5.74, 6) is -3.30. The van der Waals surface area contributed by atoms with Crippen LogP contribution < -0.4 is 10.6 Å². The summed E-state index contributed by atoms with van der Waals surface area (Å²) in [5.41, 5.74) is -4.08. The number of amides is 2. The van der Waals surface area contributed by atoms with Gasteiger partial charge in [0.2, 0.25) is 5.72 Å². The summed E-state index contributed by atoms with van der Waals surface area (Å²) in [6.07, 6.45) is -2.97. The van der Waals surface area contributed by atoms with Crippen molar-refractivity contribution in [1.29, 1.82) is 0 Å². The number of benzene rings is 1. The van der Waals surface area contributed by atoms with Gasteiger partial charge < -0.3 is 15.7 Å². The SMILES string of the molecule is O=C1N[C@H](c2cccc(Cl)c2Cl)[C@H](C(=O)c2cccnc2)[C@](O)(C(F)(F)F)N1. The standard InChI is InChI=1S/C17H12Cl2F3N3O3/c18-10-5-1-4-9(12(10)19)13-11(14(26)8-3-2-6-23-7-8)16(28,17(20,21)22)25-15(27)24-13/h1-7,11,13,28H,(H2,24,25,27)/t11-,13-,16+/m1/s1. The molecule has 0 saturated carbocycles. The maximum atomic E-state index is 13.8. The smallest absolute Gasteiger partial charge is 0.363 e. The Hall–Kier alpha value is -2.36. The van der Waals surface area contributed by atoms with Crippen molar-refractivity contribution < 1.29 is 27.9 Å². The molecule has 28 heavy (non-hydrogen) atoms. The Morgan fingerprint density at radius 3 is 2.54 bits per heavy atom. The van der Waals surface area contributed by atoms with Crippen LogP contribution in [-0.2, 0) is 0 Å². The minimum absolute atomic E-state index is 0.00933. The Balaban J connectivity index is 2.22. The third kappa shape index (κ3) is 3.41. The number of nitrogens with one attached hydrogen (secondary N) is 2. The lowest BCUT2D eigenvalue weighted by Gasteiger charge is -2.45. The highest BCUT2D eigenvalue weighted by Crippen LogP contribution is 2.45. The van der Waals surface area contributed by atoms with Crippen LogP contribution >= 0.6 is 23.2 Å². The van der Waals surface area contributed by atoms with Crippen LogP contribution in [0, 0.1) is 5.92 Å². The number of carbonyl (C=O) groups is 2. The highest BCUT2D eigenvalue weighted by atomic mass is 35.5. The molecule has 3 rings (SSSR count). The highest BCUT2D eigenvalue weighted by Gasteiger charge is 2.66. The highest BCUT2D eigenvalue weighted by molar-refractivity contribution is 6.42. The number of aromatic nitrogens is 1. The van der Waals surface area contributed by atoms with E-state index in [0.29, 0.717) is 0 Å². The minimum atomic E-state index is -5.36. The van der Waals surface area contributed by atoms with E-state index in [1.807, 2.05) is 0 Å². The zero-order valence-electron chi connectivity index (χ0n) is 13.8. The van der Waals surface area contributed by atoms with Gasteiger partial charge in [0.15, 0.2) is 5.78 Å². The summed E-state index contributed by atoms with van der Waals surface area (Å²) in [5, 5.41) is 14.0. The van der Waals surface area contributed by atoms with Crippen LogP contribution in [0.15, 0.2) is 42.7 Å². The third-order valence-electron chi connectivity index (χ3n) is 4.35. The molecule has 3 N–H and O–H groups in total. The van der Waals surface area contributed by atoms with Gasteiger partial charge in [-0.3, -0.25) is 9.78 Å². The first kappa shape index (κ1) is 20.4. The maximum Gasteiger partial charge on any atom is 0.437 e. The molecule has 6 nitrogen and oxygen atoms in total. The number of aliphatic hydroxyl groups is 1. The molecule has 1 aliphatic heterocycles. The van der Waals surface area contributed by atoms with Gasteiger partial charge in [0, 0.05) is 18.0 Å². The van der Waals surface area contributed by atoms with Crippen LogP contribution in [0.2, 0.25) is 10.0 Å². The molecule has 1 fully saturated rings. The van der Waals surface area contributed by atoms with Gasteiger partial charge in [-0.25, -0.2) is 4.79 Å². The molecule has 2 aromatic rings. The predicted molar refractivity (Wildman–Crippen MR) is 93.9 cm³/mol. The predicted octanol–water partition coefficient (Wildman–Crippen LogP) is 3.49. The average Bonchev–Trinajstić information content (AvgIpc) is 2.63. The Bertz CT molecular complexity index is 927. The number of ketones is 1. The zero-order valence-corrected chi connectivity index (χ0v) is 15.3. The monoisotopic (exact) mass is 433 g/mol. The molecule has 0 unspecified atom stereocenters.